The molecule has 2 rings (SSSR count). The molecule has 130 valence electrons. The zero-order valence-electron chi connectivity index (χ0n) is 13.8. The number of unbranched alkanes of at least 4 members (excludes halogenated alkanes) is 4. The number of morpholine rings is 1. The first-order valence-electron chi connectivity index (χ1n) is 8.38. The van der Waals surface area contributed by atoms with Gasteiger partial charge < -0.3 is 18.8 Å². The van der Waals surface area contributed by atoms with Gasteiger partial charge in [0.25, 0.3) is 0 Å². The van der Waals surface area contributed by atoms with Crippen LogP contribution in [0.15, 0.2) is 12.4 Å². The van der Waals surface area contributed by atoms with Crippen molar-refractivity contribution in [3.63, 3.8) is 0 Å². The molecule has 1 N–H and O–H groups in total. The van der Waals surface area contributed by atoms with Gasteiger partial charge in [-0.1, -0.05) is 19.3 Å². The molecule has 0 spiro atoms. The molecule has 7 heteroatoms. The summed E-state index contributed by atoms with van der Waals surface area (Å²) in [7, 11) is 0. The van der Waals surface area contributed by atoms with Gasteiger partial charge in [-0.3, -0.25) is 4.79 Å². The highest BCUT2D eigenvalue weighted by Crippen LogP contribution is 2.16. The number of imidazole rings is 1. The van der Waals surface area contributed by atoms with Crippen molar-refractivity contribution in [3.05, 3.63) is 18.2 Å². The number of aromatic nitrogens is 2. The molecule has 0 saturated carbocycles. The molecule has 0 aliphatic carbocycles. The predicted molar refractivity (Wildman–Crippen MR) is 91.2 cm³/mol. The number of carbonyl (C=O) groups excluding carboxylic acids is 1. The molecular weight excluding hydrogens is 314 g/mol. The van der Waals surface area contributed by atoms with Crippen LogP contribution in [0.2, 0.25) is 0 Å². The van der Waals surface area contributed by atoms with E-state index in [2.05, 4.69) is 9.55 Å². The van der Waals surface area contributed by atoms with Crippen molar-refractivity contribution in [3.8, 4) is 0 Å². The molecule has 0 aromatic carbocycles. The van der Waals surface area contributed by atoms with Crippen LogP contribution in [0.5, 0.6) is 0 Å². The number of carbonyl (C=O) groups is 1. The summed E-state index contributed by atoms with van der Waals surface area (Å²) in [6, 6.07) is 0. The van der Waals surface area contributed by atoms with E-state index in [-0.39, 0.29) is 11.3 Å². The quantitative estimate of drug-likeness (QED) is 0.552. The fourth-order valence-electron chi connectivity index (χ4n) is 2.80. The normalized spacial score (nSPS) is 18.3. The first kappa shape index (κ1) is 18.3. The third-order valence-corrected chi connectivity index (χ3v) is 4.74. The Kier molecular flexibility index (Phi) is 7.91. The van der Waals surface area contributed by atoms with Crippen molar-refractivity contribution in [1.82, 2.24) is 14.5 Å². The molecule has 6 nitrogen and oxygen atoms in total. The SMILES string of the molecule is Cc1nccn1CCCCCCCC(=O)N1CCOC(SO)C1. The van der Waals surface area contributed by atoms with Crippen LogP contribution in [0, 0.1) is 6.92 Å². The Hall–Kier alpha value is -1.05. The van der Waals surface area contributed by atoms with Crippen LogP contribution < -0.4 is 0 Å². The third-order valence-electron chi connectivity index (χ3n) is 4.22. The summed E-state index contributed by atoms with van der Waals surface area (Å²) in [5, 5.41) is 0. The minimum atomic E-state index is -0.292. The molecular formula is C16H27N3O3S. The first-order valence-corrected chi connectivity index (χ1v) is 9.21. The number of ether oxygens (including phenoxy) is 1. The predicted octanol–water partition coefficient (Wildman–Crippen LogP) is 2.92. The second-order valence-electron chi connectivity index (χ2n) is 5.93. The highest BCUT2D eigenvalue weighted by molar-refractivity contribution is 7.94. The van der Waals surface area contributed by atoms with Crippen LogP contribution in [-0.4, -0.2) is 50.0 Å². The fraction of sp³-hybridized carbons (Fsp3) is 0.750. The Balaban J connectivity index is 1.50. The maximum absolute atomic E-state index is 12.1. The Morgan fingerprint density at radius 3 is 2.91 bits per heavy atom. The van der Waals surface area contributed by atoms with Crippen LogP contribution in [0.4, 0.5) is 0 Å². The maximum atomic E-state index is 12.1. The van der Waals surface area contributed by atoms with Crippen molar-refractivity contribution in [2.75, 3.05) is 19.7 Å². The van der Waals surface area contributed by atoms with Crippen LogP contribution in [-0.2, 0) is 16.1 Å². The highest BCUT2D eigenvalue weighted by Gasteiger charge is 2.23. The second-order valence-corrected chi connectivity index (χ2v) is 6.67. The van der Waals surface area contributed by atoms with Gasteiger partial charge >= 0.3 is 0 Å². The van der Waals surface area contributed by atoms with Gasteiger partial charge in [-0.2, -0.15) is 0 Å². The summed E-state index contributed by atoms with van der Waals surface area (Å²) in [5.41, 5.74) is -0.292. The zero-order valence-corrected chi connectivity index (χ0v) is 14.6. The Bertz CT molecular complexity index is 481. The molecule has 1 saturated heterocycles. The van der Waals surface area contributed by atoms with E-state index >= 15 is 0 Å². The number of rotatable bonds is 9. The average Bonchev–Trinajstić information content (AvgIpc) is 2.99. The fourth-order valence-corrected chi connectivity index (χ4v) is 3.20. The van der Waals surface area contributed by atoms with Crippen molar-refractivity contribution < 1.29 is 14.1 Å². The van der Waals surface area contributed by atoms with E-state index in [1.54, 1.807) is 4.90 Å². The largest absolute Gasteiger partial charge is 0.362 e. The number of aryl methyl sites for hydroxylation is 2. The molecule has 23 heavy (non-hydrogen) atoms. The van der Waals surface area contributed by atoms with Gasteiger partial charge in [0.05, 0.1) is 13.2 Å². The molecule has 1 amide bonds. The van der Waals surface area contributed by atoms with E-state index in [0.717, 1.165) is 31.6 Å². The molecule has 1 unspecified atom stereocenters. The Morgan fingerprint density at radius 1 is 1.39 bits per heavy atom. The van der Waals surface area contributed by atoms with Gasteiger partial charge in [0.2, 0.25) is 5.91 Å². The monoisotopic (exact) mass is 341 g/mol. The molecule has 0 radical (unpaired) electrons. The molecule has 1 aromatic rings. The summed E-state index contributed by atoms with van der Waals surface area (Å²) >= 11 is 0.682. The van der Waals surface area contributed by atoms with E-state index in [9.17, 15) is 4.79 Å². The van der Waals surface area contributed by atoms with Crippen molar-refractivity contribution in [2.45, 2.75) is 57.4 Å². The zero-order chi connectivity index (χ0) is 16.5. The average molecular weight is 341 g/mol. The second kappa shape index (κ2) is 9.95. The van der Waals surface area contributed by atoms with Crippen LogP contribution in [0.25, 0.3) is 0 Å². The van der Waals surface area contributed by atoms with Gasteiger partial charge in [-0.05, 0) is 19.8 Å². The smallest absolute Gasteiger partial charge is 0.222 e. The van der Waals surface area contributed by atoms with Crippen LogP contribution >= 0.6 is 12.0 Å². The summed E-state index contributed by atoms with van der Waals surface area (Å²) in [6.07, 6.45) is 10.0. The molecule has 0 bridgehead atoms. The first-order chi connectivity index (χ1) is 11.2. The van der Waals surface area contributed by atoms with Gasteiger partial charge in [0.15, 0.2) is 0 Å². The van der Waals surface area contributed by atoms with Gasteiger partial charge in [-0.25, -0.2) is 4.98 Å². The Labute approximate surface area is 142 Å². The van der Waals surface area contributed by atoms with Crippen molar-refractivity contribution >= 4 is 17.9 Å². The number of amides is 1. The standard InChI is InChI=1S/C16H27N3O3S/c1-14-17-8-10-18(14)9-6-4-2-3-5-7-15(20)19-11-12-22-16(13-19)23-21/h8,10,16,21H,2-7,9,11-13H2,1H3. The summed E-state index contributed by atoms with van der Waals surface area (Å²) < 4.78 is 16.5. The maximum Gasteiger partial charge on any atom is 0.222 e. The molecule has 1 atom stereocenters. The van der Waals surface area contributed by atoms with Crippen LogP contribution in [0.1, 0.15) is 44.3 Å². The summed E-state index contributed by atoms with van der Waals surface area (Å²) in [4.78, 5) is 18.1. The molecule has 2 heterocycles. The number of hydrogen-bond acceptors (Lipinski definition) is 5. The number of hydrogen-bond donors (Lipinski definition) is 1. The van der Waals surface area contributed by atoms with E-state index in [1.165, 1.54) is 12.8 Å². The van der Waals surface area contributed by atoms with E-state index in [0.29, 0.717) is 38.2 Å². The van der Waals surface area contributed by atoms with E-state index < -0.39 is 0 Å². The van der Waals surface area contributed by atoms with Crippen LogP contribution in [0.3, 0.4) is 0 Å². The Morgan fingerprint density at radius 2 is 2.17 bits per heavy atom. The molecule has 1 aliphatic heterocycles. The van der Waals surface area contributed by atoms with Crippen molar-refractivity contribution in [1.29, 1.82) is 0 Å². The molecule has 1 aliphatic rings. The molecule has 1 aromatic heterocycles. The van der Waals surface area contributed by atoms with Gasteiger partial charge in [0.1, 0.15) is 11.3 Å². The lowest BCUT2D eigenvalue weighted by Crippen LogP contribution is -2.44. The minimum absolute atomic E-state index is 0.182. The van der Waals surface area contributed by atoms with E-state index in [4.69, 9.17) is 9.29 Å². The van der Waals surface area contributed by atoms with Gasteiger partial charge in [0, 0.05) is 43.9 Å². The minimum Gasteiger partial charge on any atom is -0.362 e. The summed E-state index contributed by atoms with van der Waals surface area (Å²) in [5.74, 6) is 1.25. The number of nitrogens with zero attached hydrogens (tertiary/aromatic N) is 3. The lowest BCUT2D eigenvalue weighted by molar-refractivity contribution is -0.136. The summed E-state index contributed by atoms with van der Waals surface area (Å²) in [6.45, 7) is 4.69. The lowest BCUT2D eigenvalue weighted by Gasteiger charge is -2.31. The lowest BCUT2D eigenvalue weighted by atomic mass is 10.1. The third kappa shape index (κ3) is 6.16. The molecule has 1 fully saturated rings. The van der Waals surface area contributed by atoms with Crippen molar-refractivity contribution in [2.24, 2.45) is 0 Å². The van der Waals surface area contributed by atoms with E-state index in [1.807, 2.05) is 19.3 Å². The highest BCUT2D eigenvalue weighted by atomic mass is 32.2. The topological polar surface area (TPSA) is 67.6 Å². The van der Waals surface area contributed by atoms with Gasteiger partial charge in [-0.15, -0.1) is 0 Å².